The number of carboxylic acid groups (broad SMARTS) is 1. The fraction of sp³-hybridized carbons (Fsp3) is 0.532. The van der Waals surface area contributed by atoms with E-state index >= 15 is 0 Å². The van der Waals surface area contributed by atoms with Gasteiger partial charge in [0.25, 0.3) is 23.6 Å². The summed E-state index contributed by atoms with van der Waals surface area (Å²) in [5, 5.41) is 20.9. The van der Waals surface area contributed by atoms with Gasteiger partial charge in [0.05, 0.1) is 109 Å². The molecule has 6 aliphatic rings. The number of carbonyl (C=O) groups excluding carboxylic acids is 5. The number of carbonyl (C=O) groups is 6. The van der Waals surface area contributed by atoms with E-state index in [-0.39, 0.29) is 63.7 Å². The van der Waals surface area contributed by atoms with E-state index < -0.39 is 64.2 Å². The van der Waals surface area contributed by atoms with Crippen LogP contribution in [-0.2, 0) is 57.1 Å². The molecule has 3 aromatic heterocycles. The van der Waals surface area contributed by atoms with E-state index in [1.54, 1.807) is 45.9 Å². The monoisotopic (exact) mass is 1460 g/mol. The van der Waals surface area contributed by atoms with E-state index in [4.69, 9.17) is 14.2 Å². The molecular formula is C77H92F9N7O11. The summed E-state index contributed by atoms with van der Waals surface area (Å²) < 4.78 is 149. The first-order valence-corrected chi connectivity index (χ1v) is 35.7. The molecule has 12 rings (SSSR count). The Balaban J connectivity index is 0.000000168. The minimum absolute atomic E-state index is 0.0690. The lowest BCUT2D eigenvalue weighted by Gasteiger charge is -2.27. The van der Waals surface area contributed by atoms with Crippen molar-refractivity contribution in [2.45, 2.75) is 200 Å². The fourth-order valence-corrected chi connectivity index (χ4v) is 14.4. The van der Waals surface area contributed by atoms with Gasteiger partial charge in [0.2, 0.25) is 0 Å². The lowest BCUT2D eigenvalue weighted by atomic mass is 9.89. The van der Waals surface area contributed by atoms with Gasteiger partial charge in [0.15, 0.2) is 0 Å². The molecule has 6 fully saturated rings. The Hall–Kier alpha value is -8.43. The number of nitrogens with one attached hydrogen (secondary N) is 4. The van der Waals surface area contributed by atoms with E-state index in [9.17, 15) is 73.4 Å². The van der Waals surface area contributed by atoms with E-state index in [2.05, 4.69) is 26.0 Å². The standard InChI is InChI=1S/C28H36F3N3O3.C25H29F3N2O4.C24H27F3N2O4/c1-17-23(26(36)32-22-15-37-16-22)13-24(34(17)14-18-8-6-5-7-9-18)19-10-20(25(35)33-27(2,3)4)12-21(11-19)28(29,30)31;1-15-21(23(31)29-20-13-34-14-20)11-22(30(15)12-16-6-4-3-5-7-16)17-8-18(24(32)33-2)10-19(9-17)25(26,27)28;1-14-20(22(30)28-19-12-33-13-19)10-21(29(14)11-15-5-3-2-4-6-15)16-7-17(23(31)32)9-18(8-16)24(25,26)27/h10-13,18,22H,5-9,14-16H2,1-4H3,(H,32,36)(H,33,35);8-11,16,20H,3-7,12-14H2,1-2H3,(H,29,31);7-10,15,19H,2-6,11-13H2,1H3,(H,28,30)(H,31,32). The molecule has 6 heterocycles. The summed E-state index contributed by atoms with van der Waals surface area (Å²) in [6.45, 7) is 15.2. The van der Waals surface area contributed by atoms with Crippen LogP contribution >= 0.6 is 0 Å². The maximum Gasteiger partial charge on any atom is 0.416 e. The molecule has 0 radical (unpaired) electrons. The highest BCUT2D eigenvalue weighted by Crippen LogP contribution is 2.41. The summed E-state index contributed by atoms with van der Waals surface area (Å²) in [6.07, 6.45) is 2.43. The van der Waals surface area contributed by atoms with Gasteiger partial charge in [-0.25, -0.2) is 9.59 Å². The first-order valence-electron chi connectivity index (χ1n) is 35.7. The topological polar surface area (TPSA) is 222 Å². The Bertz CT molecular complexity index is 4090. The Kier molecular flexibility index (Phi) is 24.7. The molecule has 6 aromatic rings. The number of esters is 1. The van der Waals surface area contributed by atoms with Crippen molar-refractivity contribution in [3.05, 3.63) is 140 Å². The highest BCUT2D eigenvalue weighted by Gasteiger charge is 2.38. The number of nitrogens with zero attached hydrogens (tertiary/aromatic N) is 3. The molecule has 3 aliphatic heterocycles. The van der Waals surface area contributed by atoms with Crippen molar-refractivity contribution in [3.8, 4) is 33.8 Å². The maximum atomic E-state index is 13.9. The second-order valence-corrected chi connectivity index (χ2v) is 29.4. The van der Waals surface area contributed by atoms with Gasteiger partial charge < -0.3 is 59.0 Å². The molecule has 3 aromatic carbocycles. The number of alkyl halides is 9. The van der Waals surface area contributed by atoms with Crippen molar-refractivity contribution >= 4 is 35.6 Å². The van der Waals surface area contributed by atoms with Gasteiger partial charge in [-0.2, -0.15) is 39.5 Å². The number of hydrogen-bond donors (Lipinski definition) is 5. The highest BCUT2D eigenvalue weighted by atomic mass is 19.4. The molecular weight excluding hydrogens is 1370 g/mol. The lowest BCUT2D eigenvalue weighted by Crippen LogP contribution is -2.48. The van der Waals surface area contributed by atoms with Gasteiger partial charge in [0, 0.05) is 64.9 Å². The van der Waals surface area contributed by atoms with Crippen molar-refractivity contribution in [1.29, 1.82) is 0 Å². The number of amides is 4. The van der Waals surface area contributed by atoms with Crippen LogP contribution in [0.25, 0.3) is 33.8 Å². The number of aromatic carboxylic acids is 1. The van der Waals surface area contributed by atoms with Gasteiger partial charge in [-0.1, -0.05) is 57.8 Å². The number of halogens is 9. The fourth-order valence-electron chi connectivity index (χ4n) is 14.4. The van der Waals surface area contributed by atoms with Crippen LogP contribution in [-0.4, -0.2) is 125 Å². The molecule has 0 unspecified atom stereocenters. The van der Waals surface area contributed by atoms with Crippen LogP contribution in [0.5, 0.6) is 0 Å². The molecule has 27 heteroatoms. The van der Waals surface area contributed by atoms with Crippen molar-refractivity contribution < 1.29 is 92.3 Å². The molecule has 18 nitrogen and oxygen atoms in total. The van der Waals surface area contributed by atoms with Crippen LogP contribution in [0.4, 0.5) is 39.5 Å². The van der Waals surface area contributed by atoms with Crippen LogP contribution in [0.2, 0.25) is 0 Å². The number of benzene rings is 3. The first-order chi connectivity index (χ1) is 49.1. The molecule has 5 N–H and O–H groups in total. The van der Waals surface area contributed by atoms with Crippen molar-refractivity contribution in [1.82, 2.24) is 35.0 Å². The average molecular weight is 1460 g/mol. The Morgan fingerprint density at radius 1 is 0.423 bits per heavy atom. The van der Waals surface area contributed by atoms with Gasteiger partial charge in [-0.05, 0) is 187 Å². The van der Waals surface area contributed by atoms with E-state index in [1.165, 1.54) is 37.5 Å². The summed E-state index contributed by atoms with van der Waals surface area (Å²) in [7, 11) is 1.13. The third kappa shape index (κ3) is 19.5. The SMILES string of the molecule is COC(=O)c1cc(-c2cc(C(=O)NC3COC3)c(C)n2CC2CCCCC2)cc(C(F)(F)F)c1.Cc1c(C(=O)NC2COC2)cc(-c2cc(C(=O)NC(C)(C)C)cc(C(F)(F)F)c2)n1CC1CCCCC1.Cc1c(C(=O)NC2COC2)cc(-c2cc(C(=O)O)cc(C(F)(F)F)c2)n1CC1CCCCC1. The number of rotatable bonds is 18. The molecule has 0 spiro atoms. The molecule has 3 saturated heterocycles. The largest absolute Gasteiger partial charge is 0.478 e. The molecule has 3 saturated carbocycles. The molecule has 104 heavy (non-hydrogen) atoms. The van der Waals surface area contributed by atoms with E-state index in [0.29, 0.717) is 134 Å². The van der Waals surface area contributed by atoms with Crippen LogP contribution in [0, 0.1) is 38.5 Å². The van der Waals surface area contributed by atoms with Gasteiger partial charge in [0.1, 0.15) is 0 Å². The number of ether oxygens (including phenoxy) is 4. The summed E-state index contributed by atoms with van der Waals surface area (Å²) in [4.78, 5) is 75.6. The minimum Gasteiger partial charge on any atom is -0.478 e. The normalized spacial score (nSPS) is 17.4. The number of carboxylic acids is 1. The smallest absolute Gasteiger partial charge is 0.416 e. The maximum absolute atomic E-state index is 13.9. The molecule has 4 amide bonds. The van der Waals surface area contributed by atoms with Crippen LogP contribution in [0.3, 0.4) is 0 Å². The molecule has 564 valence electrons. The predicted octanol–water partition coefficient (Wildman–Crippen LogP) is 15.6. The Labute approximate surface area is 598 Å². The number of hydrogen-bond acceptors (Lipinski definition) is 10. The second kappa shape index (κ2) is 32.9. The summed E-state index contributed by atoms with van der Waals surface area (Å²) in [6, 6.07) is 14.1. The third-order valence-corrected chi connectivity index (χ3v) is 20.3. The van der Waals surface area contributed by atoms with E-state index in [1.807, 2.05) is 27.5 Å². The predicted molar refractivity (Wildman–Crippen MR) is 370 cm³/mol. The number of methoxy groups -OCH3 is 1. The quantitative estimate of drug-likeness (QED) is 0.0402. The highest BCUT2D eigenvalue weighted by molar-refractivity contribution is 6.00. The molecule has 3 aliphatic carbocycles. The Morgan fingerprint density at radius 2 is 0.712 bits per heavy atom. The van der Waals surface area contributed by atoms with E-state index in [0.717, 1.165) is 114 Å². The van der Waals surface area contributed by atoms with Gasteiger partial charge in [-0.15, -0.1) is 0 Å². The number of aromatic nitrogens is 3. The van der Waals surface area contributed by atoms with Crippen molar-refractivity contribution in [3.63, 3.8) is 0 Å². The van der Waals surface area contributed by atoms with Crippen LogP contribution in [0.15, 0.2) is 72.8 Å². The van der Waals surface area contributed by atoms with Crippen LogP contribution < -0.4 is 21.3 Å². The zero-order chi connectivity index (χ0) is 75.2. The lowest BCUT2D eigenvalue weighted by molar-refractivity contribution is -0.138. The molecule has 0 atom stereocenters. The molecule has 0 bridgehead atoms. The summed E-state index contributed by atoms with van der Waals surface area (Å²) >= 11 is 0. The second-order valence-electron chi connectivity index (χ2n) is 29.4. The zero-order valence-corrected chi connectivity index (χ0v) is 59.6. The first kappa shape index (κ1) is 78.2. The van der Waals surface area contributed by atoms with Crippen molar-refractivity contribution in [2.24, 2.45) is 17.8 Å². The average Bonchev–Trinajstić information content (AvgIpc) is 1.58. The van der Waals surface area contributed by atoms with Gasteiger partial charge in [-0.3, -0.25) is 19.2 Å². The summed E-state index contributed by atoms with van der Waals surface area (Å²) in [5.41, 5.74) is 1.11. The Morgan fingerprint density at radius 3 is 0.981 bits per heavy atom. The van der Waals surface area contributed by atoms with Crippen LogP contribution in [0.1, 0.15) is 213 Å². The summed E-state index contributed by atoms with van der Waals surface area (Å²) in [5.74, 6) is -2.62. The van der Waals surface area contributed by atoms with Crippen molar-refractivity contribution in [2.75, 3.05) is 46.8 Å². The minimum atomic E-state index is -4.69. The van der Waals surface area contributed by atoms with Gasteiger partial charge >= 0.3 is 30.5 Å². The third-order valence-electron chi connectivity index (χ3n) is 20.3. The zero-order valence-electron chi connectivity index (χ0n) is 59.6.